The first-order valence-corrected chi connectivity index (χ1v) is 13.1. The topological polar surface area (TPSA) is 73.2 Å². The van der Waals surface area contributed by atoms with Crippen molar-refractivity contribution in [2.24, 2.45) is 0 Å². The molecular formula is C25H32ClN3O2S. The van der Waals surface area contributed by atoms with Crippen molar-refractivity contribution in [2.75, 3.05) is 14.1 Å². The summed E-state index contributed by atoms with van der Waals surface area (Å²) in [6.45, 7) is 0.812. The van der Waals surface area contributed by atoms with Crippen molar-refractivity contribution in [1.82, 2.24) is 9.62 Å². The van der Waals surface area contributed by atoms with Crippen LogP contribution in [0.2, 0.25) is 5.02 Å². The zero-order chi connectivity index (χ0) is 23.1. The molecule has 7 heteroatoms. The number of nitrogens with zero attached hydrogens (tertiary/aromatic N) is 2. The van der Waals surface area contributed by atoms with Crippen LogP contribution in [0.25, 0.3) is 0 Å². The minimum atomic E-state index is -3.53. The molecule has 0 aromatic heterocycles. The second-order valence-electron chi connectivity index (χ2n) is 8.56. The van der Waals surface area contributed by atoms with Crippen LogP contribution in [-0.4, -0.2) is 32.9 Å². The van der Waals surface area contributed by atoms with Crippen molar-refractivity contribution in [2.45, 2.75) is 68.3 Å². The lowest BCUT2D eigenvalue weighted by molar-refractivity contribution is 0.267. The van der Waals surface area contributed by atoms with E-state index < -0.39 is 10.0 Å². The lowest BCUT2D eigenvalue weighted by Gasteiger charge is -2.35. The molecule has 0 spiro atoms. The molecule has 32 heavy (non-hydrogen) atoms. The van der Waals surface area contributed by atoms with Crippen LogP contribution in [0, 0.1) is 11.3 Å². The van der Waals surface area contributed by atoms with E-state index in [1.165, 1.54) is 16.7 Å². The molecule has 0 unspecified atom stereocenters. The van der Waals surface area contributed by atoms with Gasteiger partial charge in [0.05, 0.1) is 11.0 Å². The highest BCUT2D eigenvalue weighted by atomic mass is 35.5. The van der Waals surface area contributed by atoms with Crippen LogP contribution in [0.1, 0.15) is 61.1 Å². The molecule has 0 aliphatic heterocycles. The van der Waals surface area contributed by atoms with Gasteiger partial charge in [-0.25, -0.2) is 8.42 Å². The Morgan fingerprint density at radius 2 is 1.81 bits per heavy atom. The minimum Gasteiger partial charge on any atom is -0.316 e. The summed E-state index contributed by atoms with van der Waals surface area (Å²) in [4.78, 5) is 0.287. The molecule has 0 bridgehead atoms. The molecule has 0 saturated heterocycles. The smallest absolute Gasteiger partial charge is 0.243 e. The first-order valence-electron chi connectivity index (χ1n) is 11.2. The fourth-order valence-corrected chi connectivity index (χ4v) is 6.19. The molecule has 0 heterocycles. The summed E-state index contributed by atoms with van der Waals surface area (Å²) in [5.41, 5.74) is 3.95. The Morgan fingerprint density at radius 3 is 2.44 bits per heavy atom. The molecule has 1 fully saturated rings. The Bertz CT molecular complexity index is 1040. The summed E-state index contributed by atoms with van der Waals surface area (Å²) in [6, 6.07) is 15.3. The van der Waals surface area contributed by atoms with Crippen LogP contribution < -0.4 is 5.32 Å². The number of hydrogen-bond donors (Lipinski definition) is 1. The van der Waals surface area contributed by atoms with Crippen molar-refractivity contribution in [3.05, 3.63) is 64.2 Å². The van der Waals surface area contributed by atoms with Crippen LogP contribution in [-0.2, 0) is 23.0 Å². The Hall–Kier alpha value is -1.91. The second-order valence-corrected chi connectivity index (χ2v) is 11.0. The van der Waals surface area contributed by atoms with Gasteiger partial charge in [-0.05, 0) is 92.4 Å². The van der Waals surface area contributed by atoms with Crippen molar-refractivity contribution >= 4 is 21.6 Å². The summed E-state index contributed by atoms with van der Waals surface area (Å²) < 4.78 is 27.6. The van der Waals surface area contributed by atoms with Crippen LogP contribution in [0.4, 0.5) is 0 Å². The van der Waals surface area contributed by atoms with Crippen molar-refractivity contribution < 1.29 is 8.42 Å². The van der Waals surface area contributed by atoms with Crippen molar-refractivity contribution in [3.63, 3.8) is 0 Å². The SMILES string of the molecule is CNCc1cc(CCCC#N)ccc1[C@H]1CC[C@H](N(C)S(=O)(=O)c2ccc(Cl)cc2)CC1. The summed E-state index contributed by atoms with van der Waals surface area (Å²) in [5, 5.41) is 12.6. The molecule has 1 N–H and O–H groups in total. The Morgan fingerprint density at radius 1 is 1.12 bits per heavy atom. The molecule has 1 aliphatic carbocycles. The molecule has 3 rings (SSSR count). The van der Waals surface area contributed by atoms with Gasteiger partial charge in [0.15, 0.2) is 0 Å². The molecule has 2 aromatic carbocycles. The molecule has 1 aliphatic rings. The summed E-state index contributed by atoms with van der Waals surface area (Å²) in [7, 11) is 0.121. The highest BCUT2D eigenvalue weighted by molar-refractivity contribution is 7.89. The summed E-state index contributed by atoms with van der Waals surface area (Å²) >= 11 is 5.92. The maximum Gasteiger partial charge on any atom is 0.243 e. The van der Waals surface area contributed by atoms with Gasteiger partial charge in [-0.2, -0.15) is 9.57 Å². The van der Waals surface area contributed by atoms with Gasteiger partial charge in [-0.3, -0.25) is 0 Å². The van der Waals surface area contributed by atoms with E-state index in [1.807, 2.05) is 7.05 Å². The third kappa shape index (κ3) is 5.90. The molecule has 0 amide bonds. The van der Waals surface area contributed by atoms with Crippen LogP contribution in [0.15, 0.2) is 47.4 Å². The van der Waals surface area contributed by atoms with E-state index >= 15 is 0 Å². The third-order valence-electron chi connectivity index (χ3n) is 6.47. The zero-order valence-corrected chi connectivity index (χ0v) is 20.4. The number of rotatable bonds is 9. The lowest BCUT2D eigenvalue weighted by atomic mass is 9.79. The minimum absolute atomic E-state index is 0.00457. The normalized spacial score (nSPS) is 19.1. The highest BCUT2D eigenvalue weighted by Crippen LogP contribution is 2.37. The summed E-state index contributed by atoms with van der Waals surface area (Å²) in [5.74, 6) is 0.439. The molecular weight excluding hydrogens is 442 g/mol. The van der Waals surface area contributed by atoms with Gasteiger partial charge in [0.2, 0.25) is 10.0 Å². The van der Waals surface area contributed by atoms with E-state index in [4.69, 9.17) is 16.9 Å². The third-order valence-corrected chi connectivity index (χ3v) is 8.65. The molecule has 172 valence electrons. The maximum absolute atomic E-state index is 13.0. The summed E-state index contributed by atoms with van der Waals surface area (Å²) in [6.07, 6.45) is 6.01. The fraction of sp³-hybridized carbons (Fsp3) is 0.480. The van der Waals surface area contributed by atoms with E-state index in [0.717, 1.165) is 45.1 Å². The standard InChI is InChI=1S/C25H32ClN3O2S/c1-28-18-21-17-19(5-3-4-16-27)6-15-25(21)20-7-11-23(12-8-20)29(2)32(30,31)24-13-9-22(26)10-14-24/h6,9-10,13-15,17,20,23,28H,3-5,7-8,11-12,18H2,1-2H3/t20-,23-. The number of nitrogens with one attached hydrogen (secondary N) is 1. The molecule has 0 radical (unpaired) electrons. The number of halogens is 1. The van der Waals surface area contributed by atoms with Crippen LogP contribution in [0.3, 0.4) is 0 Å². The van der Waals surface area contributed by atoms with Gasteiger partial charge in [0.1, 0.15) is 0 Å². The van der Waals surface area contributed by atoms with E-state index in [9.17, 15) is 8.42 Å². The quantitative estimate of drug-likeness (QED) is 0.504. The zero-order valence-electron chi connectivity index (χ0n) is 18.9. The number of unbranched alkanes of at least 4 members (excludes halogenated alkanes) is 1. The van der Waals surface area contributed by atoms with E-state index in [2.05, 4.69) is 29.6 Å². The molecule has 5 nitrogen and oxygen atoms in total. The predicted molar refractivity (Wildman–Crippen MR) is 129 cm³/mol. The van der Waals surface area contributed by atoms with Crippen molar-refractivity contribution in [3.8, 4) is 6.07 Å². The number of nitriles is 1. The van der Waals surface area contributed by atoms with Gasteiger partial charge >= 0.3 is 0 Å². The first kappa shape index (κ1) is 24.7. The first-order chi connectivity index (χ1) is 15.4. The molecule has 1 saturated carbocycles. The van der Waals surface area contributed by atoms with Gasteiger partial charge in [0, 0.05) is 31.1 Å². The van der Waals surface area contributed by atoms with Gasteiger partial charge in [0.25, 0.3) is 0 Å². The van der Waals surface area contributed by atoms with Gasteiger partial charge in [-0.15, -0.1) is 0 Å². The number of aryl methyl sites for hydroxylation is 1. The number of sulfonamides is 1. The second kappa shape index (κ2) is 11.3. The van der Waals surface area contributed by atoms with Crippen LogP contribution in [0.5, 0.6) is 0 Å². The Balaban J connectivity index is 1.68. The highest BCUT2D eigenvalue weighted by Gasteiger charge is 2.32. The maximum atomic E-state index is 13.0. The van der Waals surface area contributed by atoms with E-state index in [1.54, 1.807) is 35.6 Å². The number of benzene rings is 2. The van der Waals surface area contributed by atoms with Gasteiger partial charge in [-0.1, -0.05) is 29.8 Å². The Kier molecular flexibility index (Phi) is 8.72. The monoisotopic (exact) mass is 473 g/mol. The molecule has 0 atom stereocenters. The van der Waals surface area contributed by atoms with Crippen molar-refractivity contribution in [1.29, 1.82) is 5.26 Å². The average molecular weight is 474 g/mol. The van der Waals surface area contributed by atoms with Gasteiger partial charge < -0.3 is 5.32 Å². The molecule has 2 aromatic rings. The predicted octanol–water partition coefficient (Wildman–Crippen LogP) is 5.25. The van der Waals surface area contributed by atoms with E-state index in [0.29, 0.717) is 17.4 Å². The lowest BCUT2D eigenvalue weighted by Crippen LogP contribution is -2.39. The average Bonchev–Trinajstić information content (AvgIpc) is 2.80. The van der Waals surface area contributed by atoms with E-state index in [-0.39, 0.29) is 10.9 Å². The fourth-order valence-electron chi connectivity index (χ4n) is 4.65. The number of hydrogen-bond acceptors (Lipinski definition) is 4. The Labute approximate surface area is 197 Å². The van der Waals surface area contributed by atoms with Crippen LogP contribution >= 0.6 is 11.6 Å². The largest absolute Gasteiger partial charge is 0.316 e.